The van der Waals surface area contributed by atoms with E-state index in [4.69, 9.17) is 0 Å². The van der Waals surface area contributed by atoms with Crippen molar-refractivity contribution < 1.29 is 9.59 Å². The van der Waals surface area contributed by atoms with Crippen molar-refractivity contribution in [3.8, 4) is 0 Å². The molecule has 2 saturated heterocycles. The van der Waals surface area contributed by atoms with Gasteiger partial charge in [0.15, 0.2) is 0 Å². The van der Waals surface area contributed by atoms with Crippen molar-refractivity contribution in [3.05, 3.63) is 17.5 Å². The summed E-state index contributed by atoms with van der Waals surface area (Å²) in [5, 5.41) is 4.26. The van der Waals surface area contributed by atoms with Crippen LogP contribution in [0.15, 0.2) is 6.07 Å². The molecule has 0 aliphatic carbocycles. The molecule has 2 aliphatic rings. The van der Waals surface area contributed by atoms with Gasteiger partial charge < -0.3 is 14.7 Å². The van der Waals surface area contributed by atoms with Gasteiger partial charge in [0.25, 0.3) is 5.91 Å². The molecule has 2 fully saturated rings. The summed E-state index contributed by atoms with van der Waals surface area (Å²) >= 11 is 0. The Labute approximate surface area is 143 Å². The maximum atomic E-state index is 12.7. The largest absolute Gasteiger partial charge is 0.342 e. The zero-order chi connectivity index (χ0) is 17.6. The normalized spacial score (nSPS) is 22.3. The first-order chi connectivity index (χ1) is 11.2. The molecule has 1 unspecified atom stereocenters. The summed E-state index contributed by atoms with van der Waals surface area (Å²) in [7, 11) is 5.92. The van der Waals surface area contributed by atoms with Gasteiger partial charge in [-0.1, -0.05) is 0 Å². The molecule has 3 heterocycles. The number of hydrogen-bond acceptors (Lipinski definition) is 4. The molecule has 0 saturated carbocycles. The Morgan fingerprint density at radius 3 is 2.42 bits per heavy atom. The van der Waals surface area contributed by atoms with Crippen molar-refractivity contribution in [1.82, 2.24) is 24.5 Å². The van der Waals surface area contributed by atoms with E-state index in [0.29, 0.717) is 11.6 Å². The second kappa shape index (κ2) is 5.88. The Balaban J connectivity index is 1.73. The first kappa shape index (κ1) is 17.0. The number of aromatic nitrogens is 2. The van der Waals surface area contributed by atoms with Crippen LogP contribution in [0.5, 0.6) is 0 Å². The summed E-state index contributed by atoms with van der Waals surface area (Å²) < 4.78 is 1.65. The van der Waals surface area contributed by atoms with Crippen molar-refractivity contribution >= 4 is 11.8 Å². The number of hydrogen-bond donors (Lipinski definition) is 0. The maximum absolute atomic E-state index is 12.7. The Hall–Kier alpha value is -1.89. The Kier molecular flexibility index (Phi) is 4.15. The highest BCUT2D eigenvalue weighted by molar-refractivity contribution is 5.93. The second-order valence-electron chi connectivity index (χ2n) is 7.68. The molecule has 0 aromatic carbocycles. The van der Waals surface area contributed by atoms with Crippen LogP contribution in [0.1, 0.15) is 23.1 Å². The fraction of sp³-hybridized carbons (Fsp3) is 0.706. The number of nitrogens with zero attached hydrogens (tertiary/aromatic N) is 5. The molecule has 1 atom stereocenters. The predicted octanol–water partition coefficient (Wildman–Crippen LogP) is 0.211. The zero-order valence-corrected chi connectivity index (χ0v) is 15.2. The fourth-order valence-electron chi connectivity index (χ4n) is 4.15. The van der Waals surface area contributed by atoms with Gasteiger partial charge in [-0.05, 0) is 33.0 Å². The van der Waals surface area contributed by atoms with Gasteiger partial charge in [0.2, 0.25) is 5.91 Å². The molecule has 24 heavy (non-hydrogen) atoms. The maximum Gasteiger partial charge on any atom is 0.272 e. The van der Waals surface area contributed by atoms with Gasteiger partial charge in [-0.2, -0.15) is 5.10 Å². The summed E-state index contributed by atoms with van der Waals surface area (Å²) in [6, 6.07) is 1.83. The van der Waals surface area contributed by atoms with Gasteiger partial charge in [-0.15, -0.1) is 0 Å². The SMILES string of the molecule is CC(=O)N1CC(CN(C)C)C2(C1)CN(C(=O)c1cc(C)nn1C)C2. The highest BCUT2D eigenvalue weighted by Gasteiger charge is 2.56. The minimum atomic E-state index is 0.0357. The quantitative estimate of drug-likeness (QED) is 0.793. The van der Waals surface area contributed by atoms with Crippen molar-refractivity contribution in [2.45, 2.75) is 13.8 Å². The van der Waals surface area contributed by atoms with Crippen LogP contribution in [0.2, 0.25) is 0 Å². The molecular formula is C17H27N5O2. The third kappa shape index (κ3) is 2.81. The Morgan fingerprint density at radius 1 is 1.29 bits per heavy atom. The molecule has 2 amide bonds. The van der Waals surface area contributed by atoms with E-state index < -0.39 is 0 Å². The lowest BCUT2D eigenvalue weighted by atomic mass is 9.71. The smallest absolute Gasteiger partial charge is 0.272 e. The minimum absolute atomic E-state index is 0.0357. The van der Waals surface area contributed by atoms with Crippen LogP contribution in [0.3, 0.4) is 0 Å². The monoisotopic (exact) mass is 333 g/mol. The van der Waals surface area contributed by atoms with Gasteiger partial charge in [-0.25, -0.2) is 0 Å². The average Bonchev–Trinajstić information content (AvgIpc) is 2.96. The van der Waals surface area contributed by atoms with Gasteiger partial charge in [-0.3, -0.25) is 14.3 Å². The molecule has 1 spiro atoms. The molecule has 0 N–H and O–H groups in total. The van der Waals surface area contributed by atoms with Crippen LogP contribution < -0.4 is 0 Å². The van der Waals surface area contributed by atoms with Gasteiger partial charge in [0.1, 0.15) is 5.69 Å². The lowest BCUT2D eigenvalue weighted by Crippen LogP contribution is -2.63. The topological polar surface area (TPSA) is 61.7 Å². The van der Waals surface area contributed by atoms with Crippen molar-refractivity contribution in [2.24, 2.45) is 18.4 Å². The average molecular weight is 333 g/mol. The number of likely N-dealkylation sites (tertiary alicyclic amines) is 2. The predicted molar refractivity (Wildman–Crippen MR) is 90.6 cm³/mol. The molecule has 1 aromatic rings. The molecule has 0 bridgehead atoms. The van der Waals surface area contributed by atoms with Crippen LogP contribution in [-0.4, -0.2) is 83.1 Å². The number of carbonyl (C=O) groups excluding carboxylic acids is 2. The highest BCUT2D eigenvalue weighted by atomic mass is 16.2. The number of rotatable bonds is 3. The molecule has 0 radical (unpaired) electrons. The molecule has 1 aromatic heterocycles. The highest BCUT2D eigenvalue weighted by Crippen LogP contribution is 2.44. The van der Waals surface area contributed by atoms with Gasteiger partial charge in [0, 0.05) is 52.1 Å². The Bertz CT molecular complexity index is 660. The van der Waals surface area contributed by atoms with E-state index >= 15 is 0 Å². The summed E-state index contributed by atoms with van der Waals surface area (Å²) in [6.45, 7) is 7.46. The van der Waals surface area contributed by atoms with Crippen molar-refractivity contribution in [3.63, 3.8) is 0 Å². The van der Waals surface area contributed by atoms with Crippen molar-refractivity contribution in [2.75, 3.05) is 46.8 Å². The van der Waals surface area contributed by atoms with E-state index in [-0.39, 0.29) is 17.2 Å². The summed E-state index contributed by atoms with van der Waals surface area (Å²) in [4.78, 5) is 30.5. The molecule has 3 rings (SSSR count). The Morgan fingerprint density at radius 2 is 1.92 bits per heavy atom. The van der Waals surface area contributed by atoms with E-state index in [1.165, 1.54) is 0 Å². The third-order valence-electron chi connectivity index (χ3n) is 5.36. The van der Waals surface area contributed by atoms with E-state index in [0.717, 1.165) is 38.4 Å². The second-order valence-corrected chi connectivity index (χ2v) is 7.68. The first-order valence-electron chi connectivity index (χ1n) is 8.42. The lowest BCUT2D eigenvalue weighted by molar-refractivity contribution is -0.128. The molecule has 2 aliphatic heterocycles. The van der Waals surface area contributed by atoms with Crippen LogP contribution in [0.25, 0.3) is 0 Å². The van der Waals surface area contributed by atoms with E-state index in [2.05, 4.69) is 24.1 Å². The van der Waals surface area contributed by atoms with Crippen molar-refractivity contribution in [1.29, 1.82) is 0 Å². The molecule has 7 nitrogen and oxygen atoms in total. The van der Waals surface area contributed by atoms with Crippen LogP contribution in [-0.2, 0) is 11.8 Å². The lowest BCUT2D eigenvalue weighted by Gasteiger charge is -2.51. The number of aryl methyl sites for hydroxylation is 2. The van der Waals surface area contributed by atoms with Crippen LogP contribution in [0.4, 0.5) is 0 Å². The van der Waals surface area contributed by atoms with E-state index in [1.807, 2.05) is 22.8 Å². The number of amides is 2. The van der Waals surface area contributed by atoms with Crippen LogP contribution >= 0.6 is 0 Å². The molecule has 7 heteroatoms. The fourth-order valence-corrected chi connectivity index (χ4v) is 4.15. The summed E-state index contributed by atoms with van der Waals surface area (Å²) in [5.74, 6) is 0.574. The van der Waals surface area contributed by atoms with Gasteiger partial charge in [0.05, 0.1) is 5.69 Å². The standard InChI is InChI=1S/C17H27N5O2/c1-12-6-15(20(5)18-12)16(24)22-10-17(11-22)9-21(13(2)23)8-14(17)7-19(3)4/h6,14H,7-11H2,1-5H3. The summed E-state index contributed by atoms with van der Waals surface area (Å²) in [6.07, 6.45) is 0. The van der Waals surface area contributed by atoms with E-state index in [9.17, 15) is 9.59 Å². The minimum Gasteiger partial charge on any atom is -0.342 e. The molecule has 132 valence electrons. The molecular weight excluding hydrogens is 306 g/mol. The van der Waals surface area contributed by atoms with Crippen LogP contribution in [0, 0.1) is 18.3 Å². The summed E-state index contributed by atoms with van der Waals surface area (Å²) in [5.41, 5.74) is 1.53. The van der Waals surface area contributed by atoms with Gasteiger partial charge >= 0.3 is 0 Å². The zero-order valence-electron chi connectivity index (χ0n) is 15.2. The number of carbonyl (C=O) groups is 2. The van der Waals surface area contributed by atoms with E-state index in [1.54, 1.807) is 18.7 Å². The third-order valence-corrected chi connectivity index (χ3v) is 5.36. The first-order valence-corrected chi connectivity index (χ1v) is 8.42.